The minimum absolute atomic E-state index is 0.0195. The number of nitrogens with zero attached hydrogens (tertiary/aromatic N) is 1. The zero-order valence-electron chi connectivity index (χ0n) is 19.1. The highest BCUT2D eigenvalue weighted by molar-refractivity contribution is 6.24. The van der Waals surface area contributed by atoms with E-state index >= 15 is 0 Å². The van der Waals surface area contributed by atoms with Crippen LogP contribution in [-0.2, 0) is 9.47 Å². The van der Waals surface area contributed by atoms with E-state index in [9.17, 15) is 5.21 Å². The topological polar surface area (TPSA) is 64.8 Å². The summed E-state index contributed by atoms with van der Waals surface area (Å²) in [5, 5.41) is 29.3. The van der Waals surface area contributed by atoms with Gasteiger partial charge in [-0.15, -0.1) is 0 Å². The van der Waals surface area contributed by atoms with E-state index in [4.69, 9.17) is 14.6 Å². The largest absolute Gasteiger partial charge is 0.622 e. The molecule has 1 aliphatic heterocycles. The van der Waals surface area contributed by atoms with Crippen molar-refractivity contribution in [1.82, 2.24) is 0 Å². The van der Waals surface area contributed by atoms with Crippen molar-refractivity contribution in [3.05, 3.63) is 71.4 Å². The van der Waals surface area contributed by atoms with Crippen LogP contribution in [0.3, 0.4) is 0 Å². The molecular formula is C28H29NO4. The fraction of sp³-hybridized carbons (Fsp3) is 0.321. The minimum atomic E-state index is -0.559. The molecule has 4 aromatic rings. The van der Waals surface area contributed by atoms with Crippen molar-refractivity contribution in [3.63, 3.8) is 0 Å². The van der Waals surface area contributed by atoms with Crippen LogP contribution >= 0.6 is 0 Å². The molecule has 5 nitrogen and oxygen atoms in total. The summed E-state index contributed by atoms with van der Waals surface area (Å²) in [5.74, 6) is 0. The highest BCUT2D eigenvalue weighted by Gasteiger charge is 2.46. The van der Waals surface area contributed by atoms with E-state index in [0.717, 1.165) is 10.3 Å². The lowest BCUT2D eigenvalue weighted by atomic mass is 9.88. The van der Waals surface area contributed by atoms with Gasteiger partial charge in [-0.1, -0.05) is 68.4 Å². The number of benzene rings is 4. The second-order valence-electron chi connectivity index (χ2n) is 9.39. The monoisotopic (exact) mass is 443 g/mol. The Morgan fingerprint density at radius 2 is 1.64 bits per heavy atom. The third kappa shape index (κ3) is 3.97. The third-order valence-corrected chi connectivity index (χ3v) is 6.56. The second kappa shape index (κ2) is 8.75. The molecule has 0 bridgehead atoms. The molecule has 0 radical (unpaired) electrons. The van der Waals surface area contributed by atoms with Crippen molar-refractivity contribution >= 4 is 44.1 Å². The summed E-state index contributed by atoms with van der Waals surface area (Å²) in [6.07, 6.45) is 4.07. The standard InChI is InChI=1S/C28H29NO4/c1-28(2)18-23(29(31)27(28)33-17-16-32-15-14-30)12-10-19-6-7-22-9-8-20-4-3-5-21-11-13-24(19)26(22)25(20)21/h3-13,27,30H,14-18H2,1-2H3/b12-10+. The van der Waals surface area contributed by atoms with E-state index in [-0.39, 0.29) is 18.6 Å². The Kier molecular flexibility index (Phi) is 5.79. The van der Waals surface area contributed by atoms with E-state index < -0.39 is 6.23 Å². The molecule has 1 atom stereocenters. The van der Waals surface area contributed by atoms with Gasteiger partial charge in [0.05, 0.1) is 31.8 Å². The number of aliphatic hydroxyl groups is 1. The molecule has 33 heavy (non-hydrogen) atoms. The van der Waals surface area contributed by atoms with Gasteiger partial charge in [0.25, 0.3) is 6.23 Å². The molecule has 1 unspecified atom stereocenters. The zero-order chi connectivity index (χ0) is 23.0. The molecule has 0 saturated carbocycles. The Bertz CT molecular complexity index is 1340. The number of ether oxygens (including phenoxy) is 2. The SMILES string of the molecule is CC1(C)CC(/C=C/c2ccc3ccc4cccc5ccc2c3c45)=[N+]([O-])C1OCCOCCO. The van der Waals surface area contributed by atoms with Gasteiger partial charge in [0.2, 0.25) is 0 Å². The first kappa shape index (κ1) is 21.8. The van der Waals surface area contributed by atoms with Gasteiger partial charge in [-0.2, -0.15) is 4.74 Å². The zero-order valence-corrected chi connectivity index (χ0v) is 19.1. The van der Waals surface area contributed by atoms with Gasteiger partial charge in [0, 0.05) is 12.5 Å². The molecule has 0 amide bonds. The van der Waals surface area contributed by atoms with Crippen LogP contribution < -0.4 is 0 Å². The third-order valence-electron chi connectivity index (χ3n) is 6.56. The van der Waals surface area contributed by atoms with Gasteiger partial charge in [-0.3, -0.25) is 0 Å². The normalized spacial score (nSPS) is 18.6. The predicted octanol–water partition coefficient (Wildman–Crippen LogP) is 5.33. The van der Waals surface area contributed by atoms with E-state index in [1.807, 2.05) is 19.9 Å². The Hall–Kier alpha value is -2.99. The second-order valence-corrected chi connectivity index (χ2v) is 9.39. The summed E-state index contributed by atoms with van der Waals surface area (Å²) in [6, 6.07) is 19.4. The number of hydrogen-bond acceptors (Lipinski definition) is 4. The summed E-state index contributed by atoms with van der Waals surface area (Å²) < 4.78 is 12.1. The average molecular weight is 444 g/mol. The quantitative estimate of drug-likeness (QED) is 0.173. The van der Waals surface area contributed by atoms with Gasteiger partial charge in [-0.05, 0) is 44.0 Å². The molecule has 170 valence electrons. The lowest BCUT2D eigenvalue weighted by Gasteiger charge is -2.24. The molecule has 1 heterocycles. The van der Waals surface area contributed by atoms with E-state index in [0.29, 0.717) is 25.3 Å². The molecule has 0 aliphatic carbocycles. The first-order valence-corrected chi connectivity index (χ1v) is 11.5. The predicted molar refractivity (Wildman–Crippen MR) is 134 cm³/mol. The average Bonchev–Trinajstić information content (AvgIpc) is 3.04. The van der Waals surface area contributed by atoms with Crippen LogP contribution in [0.5, 0.6) is 0 Å². The maximum atomic E-state index is 13.0. The van der Waals surface area contributed by atoms with Gasteiger partial charge >= 0.3 is 0 Å². The molecule has 5 rings (SSSR count). The van der Waals surface area contributed by atoms with Crippen LogP contribution in [0.2, 0.25) is 0 Å². The fourth-order valence-corrected chi connectivity index (χ4v) is 5.00. The smallest absolute Gasteiger partial charge is 0.273 e. The van der Waals surface area contributed by atoms with Gasteiger partial charge in [0.1, 0.15) is 0 Å². The number of allylic oxidation sites excluding steroid dienone is 1. The number of aliphatic hydroxyl groups excluding tert-OH is 1. The lowest BCUT2D eigenvalue weighted by molar-refractivity contribution is -0.564. The van der Waals surface area contributed by atoms with Gasteiger partial charge < -0.3 is 19.8 Å². The number of hydroxylamine groups is 1. The van der Waals surface area contributed by atoms with Gasteiger partial charge in [-0.25, -0.2) is 0 Å². The summed E-state index contributed by atoms with van der Waals surface area (Å²) in [6.45, 7) is 5.03. The van der Waals surface area contributed by atoms with Crippen LogP contribution in [0.4, 0.5) is 0 Å². The number of rotatable bonds is 8. The summed E-state index contributed by atoms with van der Waals surface area (Å²) in [5.41, 5.74) is 1.51. The molecule has 0 spiro atoms. The Balaban J connectivity index is 1.45. The molecule has 0 fully saturated rings. The van der Waals surface area contributed by atoms with Crippen molar-refractivity contribution in [1.29, 1.82) is 0 Å². The highest BCUT2D eigenvalue weighted by Crippen LogP contribution is 2.37. The van der Waals surface area contributed by atoms with Crippen molar-refractivity contribution in [3.8, 4) is 0 Å². The molecular weight excluding hydrogens is 414 g/mol. The Morgan fingerprint density at radius 3 is 2.39 bits per heavy atom. The van der Waals surface area contributed by atoms with E-state index in [1.54, 1.807) is 0 Å². The first-order chi connectivity index (χ1) is 16.0. The van der Waals surface area contributed by atoms with Crippen LogP contribution in [-0.4, -0.2) is 48.2 Å². The van der Waals surface area contributed by atoms with Crippen LogP contribution in [0.25, 0.3) is 38.4 Å². The molecule has 0 aromatic heterocycles. The molecule has 0 saturated heterocycles. The summed E-state index contributed by atoms with van der Waals surface area (Å²) in [7, 11) is 0. The maximum absolute atomic E-state index is 13.0. The summed E-state index contributed by atoms with van der Waals surface area (Å²) in [4.78, 5) is 0. The van der Waals surface area contributed by atoms with Crippen molar-refractivity contribution in [2.45, 2.75) is 26.5 Å². The lowest BCUT2D eigenvalue weighted by Crippen LogP contribution is -2.34. The minimum Gasteiger partial charge on any atom is -0.622 e. The van der Waals surface area contributed by atoms with Crippen molar-refractivity contribution in [2.24, 2.45) is 5.41 Å². The van der Waals surface area contributed by atoms with Crippen LogP contribution in [0, 0.1) is 10.6 Å². The van der Waals surface area contributed by atoms with Crippen molar-refractivity contribution < 1.29 is 19.3 Å². The summed E-state index contributed by atoms with van der Waals surface area (Å²) >= 11 is 0. The van der Waals surface area contributed by atoms with Crippen molar-refractivity contribution in [2.75, 3.05) is 26.4 Å². The fourth-order valence-electron chi connectivity index (χ4n) is 5.00. The van der Waals surface area contributed by atoms with Gasteiger partial charge in [0.15, 0.2) is 5.71 Å². The van der Waals surface area contributed by atoms with Crippen LogP contribution in [0.15, 0.2) is 60.7 Å². The van der Waals surface area contributed by atoms with Crippen LogP contribution in [0.1, 0.15) is 25.8 Å². The molecule has 4 aromatic carbocycles. The molecule has 1 N–H and O–H groups in total. The first-order valence-electron chi connectivity index (χ1n) is 11.5. The highest BCUT2D eigenvalue weighted by atomic mass is 16.6. The number of hydrogen-bond donors (Lipinski definition) is 1. The Labute approximate surface area is 193 Å². The van der Waals surface area contributed by atoms with E-state index in [2.05, 4.69) is 60.7 Å². The maximum Gasteiger partial charge on any atom is 0.273 e. The molecule has 5 heteroatoms. The van der Waals surface area contributed by atoms with E-state index in [1.165, 1.54) is 32.3 Å². The Morgan fingerprint density at radius 1 is 0.939 bits per heavy atom. The molecule has 1 aliphatic rings.